The van der Waals surface area contributed by atoms with Crippen molar-refractivity contribution in [1.82, 2.24) is 15.1 Å². The normalized spacial score (nSPS) is 33.1. The molecule has 1 N–H and O–H groups in total. The minimum Gasteiger partial charge on any atom is -0.307 e. The molecule has 15 heavy (non-hydrogen) atoms. The van der Waals surface area contributed by atoms with Crippen molar-refractivity contribution in [3.63, 3.8) is 0 Å². The predicted octanol–water partition coefficient (Wildman–Crippen LogP) is 1.64. The van der Waals surface area contributed by atoms with Gasteiger partial charge in [-0.1, -0.05) is 0 Å². The molecule has 4 rings (SSSR count). The van der Waals surface area contributed by atoms with Crippen LogP contribution in [0, 0.1) is 5.92 Å². The molecule has 1 saturated carbocycles. The molecule has 0 aromatic carbocycles. The van der Waals surface area contributed by atoms with E-state index < -0.39 is 0 Å². The van der Waals surface area contributed by atoms with Gasteiger partial charge in [-0.15, -0.1) is 0 Å². The molecule has 0 amide bonds. The summed E-state index contributed by atoms with van der Waals surface area (Å²) in [5.74, 6) is 0.927. The summed E-state index contributed by atoms with van der Waals surface area (Å²) < 4.78 is 2.20. The van der Waals surface area contributed by atoms with E-state index in [2.05, 4.69) is 16.2 Å². The molecule has 0 radical (unpaired) electrons. The van der Waals surface area contributed by atoms with Gasteiger partial charge in [-0.2, -0.15) is 5.10 Å². The van der Waals surface area contributed by atoms with Gasteiger partial charge in [0.25, 0.3) is 0 Å². The number of fused-ring (bicyclic) bond motifs is 4. The summed E-state index contributed by atoms with van der Waals surface area (Å²) in [5.41, 5.74) is 2.87. The van der Waals surface area contributed by atoms with Gasteiger partial charge in [0.05, 0.1) is 5.69 Å². The molecule has 2 unspecified atom stereocenters. The van der Waals surface area contributed by atoms with Crippen LogP contribution in [0.4, 0.5) is 0 Å². The molecule has 0 spiro atoms. The fraction of sp³-hybridized carbons (Fsp3) is 0.750. The van der Waals surface area contributed by atoms with Crippen LogP contribution in [0.5, 0.6) is 0 Å². The highest BCUT2D eigenvalue weighted by Crippen LogP contribution is 2.36. The van der Waals surface area contributed by atoms with E-state index in [4.69, 9.17) is 5.10 Å². The Balaban J connectivity index is 1.66. The van der Waals surface area contributed by atoms with Crippen LogP contribution >= 0.6 is 0 Å². The minimum absolute atomic E-state index is 0.617. The second kappa shape index (κ2) is 2.85. The Morgan fingerprint density at radius 3 is 3.13 bits per heavy atom. The fourth-order valence-electron chi connectivity index (χ4n) is 3.04. The lowest BCUT2D eigenvalue weighted by Crippen LogP contribution is -2.31. The van der Waals surface area contributed by atoms with E-state index in [0.717, 1.165) is 18.9 Å². The van der Waals surface area contributed by atoms with E-state index in [-0.39, 0.29) is 0 Å². The third kappa shape index (κ3) is 1.33. The lowest BCUT2D eigenvalue weighted by Gasteiger charge is -2.19. The minimum atomic E-state index is 0.617. The maximum atomic E-state index is 4.75. The highest BCUT2D eigenvalue weighted by atomic mass is 15.3. The molecule has 3 nitrogen and oxygen atoms in total. The highest BCUT2D eigenvalue weighted by molar-refractivity contribution is 5.28. The molecule has 3 heterocycles. The van der Waals surface area contributed by atoms with Gasteiger partial charge in [0.1, 0.15) is 0 Å². The van der Waals surface area contributed by atoms with Crippen molar-refractivity contribution in [2.45, 2.75) is 50.7 Å². The molecule has 1 aromatic rings. The van der Waals surface area contributed by atoms with Crippen LogP contribution < -0.4 is 5.32 Å². The van der Waals surface area contributed by atoms with Crippen molar-refractivity contribution >= 4 is 0 Å². The van der Waals surface area contributed by atoms with Gasteiger partial charge in [0.15, 0.2) is 0 Å². The molecule has 1 aliphatic carbocycles. The van der Waals surface area contributed by atoms with Crippen LogP contribution in [0.15, 0.2) is 6.20 Å². The van der Waals surface area contributed by atoms with E-state index in [0.29, 0.717) is 12.1 Å². The third-order valence-electron chi connectivity index (χ3n) is 4.07. The molecule has 2 bridgehead atoms. The van der Waals surface area contributed by atoms with Gasteiger partial charge < -0.3 is 5.32 Å². The number of aromatic nitrogens is 2. The molecule has 2 fully saturated rings. The Morgan fingerprint density at radius 1 is 1.33 bits per heavy atom. The van der Waals surface area contributed by atoms with Crippen molar-refractivity contribution in [2.24, 2.45) is 5.92 Å². The maximum Gasteiger partial charge on any atom is 0.0687 e. The van der Waals surface area contributed by atoms with Gasteiger partial charge >= 0.3 is 0 Å². The first-order valence-electron chi connectivity index (χ1n) is 6.21. The first kappa shape index (κ1) is 8.34. The maximum absolute atomic E-state index is 4.75. The number of hydrogen-bond donors (Lipinski definition) is 1. The van der Waals surface area contributed by atoms with Crippen LogP contribution in [0.2, 0.25) is 0 Å². The lowest BCUT2D eigenvalue weighted by molar-refractivity contribution is 0.506. The summed E-state index contributed by atoms with van der Waals surface area (Å²) in [6.07, 6.45) is 8.93. The average molecular weight is 203 g/mol. The van der Waals surface area contributed by atoms with Crippen LogP contribution in [-0.2, 0) is 13.0 Å². The molecule has 80 valence electrons. The first-order chi connectivity index (χ1) is 7.38. The summed E-state index contributed by atoms with van der Waals surface area (Å²) in [7, 11) is 0. The van der Waals surface area contributed by atoms with Gasteiger partial charge in [-0.05, 0) is 31.6 Å². The Bertz CT molecular complexity index is 392. The molecular formula is C12H17N3. The average Bonchev–Trinajstić information content (AvgIpc) is 2.81. The fourth-order valence-corrected chi connectivity index (χ4v) is 3.04. The number of rotatable bonds is 2. The highest BCUT2D eigenvalue weighted by Gasteiger charge is 2.34. The van der Waals surface area contributed by atoms with Crippen molar-refractivity contribution < 1.29 is 0 Å². The molecule has 2 aliphatic heterocycles. The second-order valence-corrected chi connectivity index (χ2v) is 5.39. The molecule has 2 atom stereocenters. The second-order valence-electron chi connectivity index (χ2n) is 5.39. The smallest absolute Gasteiger partial charge is 0.0687 e. The number of nitrogens with zero attached hydrogens (tertiary/aromatic N) is 2. The van der Waals surface area contributed by atoms with Gasteiger partial charge in [0.2, 0.25) is 0 Å². The summed E-state index contributed by atoms with van der Waals surface area (Å²) in [6.45, 7) is 1.16. The summed E-state index contributed by atoms with van der Waals surface area (Å²) in [4.78, 5) is 0. The summed E-state index contributed by atoms with van der Waals surface area (Å²) in [6, 6.07) is 1.33. The van der Waals surface area contributed by atoms with Gasteiger partial charge in [-0.25, -0.2) is 0 Å². The summed E-state index contributed by atoms with van der Waals surface area (Å²) >= 11 is 0. The van der Waals surface area contributed by atoms with Crippen molar-refractivity contribution in [2.75, 3.05) is 0 Å². The van der Waals surface area contributed by atoms with Crippen LogP contribution in [0.3, 0.4) is 0 Å². The van der Waals surface area contributed by atoms with Crippen LogP contribution in [0.1, 0.15) is 43.0 Å². The van der Waals surface area contributed by atoms with Crippen molar-refractivity contribution in [1.29, 1.82) is 0 Å². The zero-order chi connectivity index (χ0) is 9.83. The Hall–Kier alpha value is -0.830. The Morgan fingerprint density at radius 2 is 2.27 bits per heavy atom. The molecular weight excluding hydrogens is 186 g/mol. The molecule has 1 saturated heterocycles. The molecule has 3 aliphatic rings. The molecule has 1 aromatic heterocycles. The third-order valence-corrected chi connectivity index (χ3v) is 4.07. The van der Waals surface area contributed by atoms with E-state index in [1.807, 2.05) is 0 Å². The largest absolute Gasteiger partial charge is 0.307 e. The standard InChI is InChI=1S/C12H17N3/c1-2-8(1)6-15-7-10-11-4-3-9(13-11)5-12(10)14-15/h7-9,11,13H,1-6H2. The summed E-state index contributed by atoms with van der Waals surface area (Å²) in [5, 5.41) is 8.42. The lowest BCUT2D eigenvalue weighted by atomic mass is 10.0. The Labute approximate surface area is 89.9 Å². The quantitative estimate of drug-likeness (QED) is 0.792. The number of hydrogen-bond acceptors (Lipinski definition) is 2. The van der Waals surface area contributed by atoms with Crippen molar-refractivity contribution in [3.05, 3.63) is 17.5 Å². The zero-order valence-electron chi connectivity index (χ0n) is 8.95. The monoisotopic (exact) mass is 203 g/mol. The van der Waals surface area contributed by atoms with Gasteiger partial charge in [0, 0.05) is 36.8 Å². The van der Waals surface area contributed by atoms with Crippen molar-refractivity contribution in [3.8, 4) is 0 Å². The van der Waals surface area contributed by atoms with Gasteiger partial charge in [-0.3, -0.25) is 4.68 Å². The predicted molar refractivity (Wildman–Crippen MR) is 57.6 cm³/mol. The van der Waals surface area contributed by atoms with Crippen LogP contribution in [0.25, 0.3) is 0 Å². The first-order valence-corrected chi connectivity index (χ1v) is 6.21. The van der Waals surface area contributed by atoms with E-state index in [9.17, 15) is 0 Å². The zero-order valence-corrected chi connectivity index (χ0v) is 8.95. The number of nitrogens with one attached hydrogen (secondary N) is 1. The van der Waals surface area contributed by atoms with E-state index in [1.54, 1.807) is 0 Å². The molecule has 3 heteroatoms. The SMILES string of the molecule is c1c2c(nn1CC1CC1)CC1CCC2N1. The topological polar surface area (TPSA) is 29.9 Å². The van der Waals surface area contributed by atoms with E-state index >= 15 is 0 Å². The Kier molecular flexibility index (Phi) is 1.58. The van der Waals surface area contributed by atoms with Crippen LogP contribution in [-0.4, -0.2) is 15.8 Å². The van der Waals surface area contributed by atoms with E-state index in [1.165, 1.54) is 36.9 Å².